The summed E-state index contributed by atoms with van der Waals surface area (Å²) in [5, 5.41) is 14.2. The fourth-order valence-electron chi connectivity index (χ4n) is 3.04. The van der Waals surface area contributed by atoms with E-state index >= 15 is 0 Å². The quantitative estimate of drug-likeness (QED) is 0.469. The van der Waals surface area contributed by atoms with Gasteiger partial charge in [0.2, 0.25) is 10.0 Å². The maximum atomic E-state index is 12.5. The van der Waals surface area contributed by atoms with Crippen molar-refractivity contribution in [1.29, 1.82) is 0 Å². The third-order valence-corrected chi connectivity index (χ3v) is 6.27. The summed E-state index contributed by atoms with van der Waals surface area (Å²) < 4.78 is 32.0. The molecule has 1 unspecified atom stereocenters. The lowest BCUT2D eigenvalue weighted by Gasteiger charge is -2.15. The van der Waals surface area contributed by atoms with Gasteiger partial charge in [0.15, 0.2) is 6.10 Å². The summed E-state index contributed by atoms with van der Waals surface area (Å²) in [6.45, 7) is 4.83. The van der Waals surface area contributed by atoms with Crippen molar-refractivity contribution in [2.75, 3.05) is 5.32 Å². The Kier molecular flexibility index (Phi) is 6.81. The van der Waals surface area contributed by atoms with Crippen molar-refractivity contribution in [3.8, 4) is 5.75 Å². The summed E-state index contributed by atoms with van der Waals surface area (Å²) in [5.41, 5.74) is 0.297. The van der Waals surface area contributed by atoms with Crippen LogP contribution in [0.5, 0.6) is 5.75 Å². The lowest BCUT2D eigenvalue weighted by molar-refractivity contribution is -0.123. The predicted molar refractivity (Wildman–Crippen MR) is 121 cm³/mol. The molecule has 3 aromatic carbocycles. The smallest absolute Gasteiger partial charge is 0.342 e. The SMILES string of the molecule is CC(C)NS(=O)(=O)c1ccc(NC(=O)C(C)OC(=O)c2ccc3ccccc3c2O)cc1. The number of fused-ring (bicyclic) bond motifs is 1. The molecule has 0 saturated carbocycles. The third kappa shape index (κ3) is 5.24. The number of carbonyl (C=O) groups excluding carboxylic acids is 2. The molecule has 0 aliphatic heterocycles. The van der Waals surface area contributed by atoms with Crippen molar-refractivity contribution in [3.63, 3.8) is 0 Å². The van der Waals surface area contributed by atoms with Crippen LogP contribution in [0.1, 0.15) is 31.1 Å². The number of aromatic hydroxyl groups is 1. The molecule has 0 heterocycles. The van der Waals surface area contributed by atoms with E-state index in [9.17, 15) is 23.1 Å². The summed E-state index contributed by atoms with van der Waals surface area (Å²) in [4.78, 5) is 25.0. The Morgan fingerprint density at radius 1 is 0.938 bits per heavy atom. The zero-order valence-corrected chi connectivity index (χ0v) is 18.6. The van der Waals surface area contributed by atoms with Gasteiger partial charge in [0.25, 0.3) is 5.91 Å². The number of amides is 1. The van der Waals surface area contributed by atoms with Crippen LogP contribution in [0.3, 0.4) is 0 Å². The molecule has 0 aliphatic carbocycles. The molecule has 3 rings (SSSR count). The van der Waals surface area contributed by atoms with Gasteiger partial charge in [-0.3, -0.25) is 4.79 Å². The van der Waals surface area contributed by atoms with Gasteiger partial charge in [-0.25, -0.2) is 17.9 Å². The third-order valence-electron chi connectivity index (χ3n) is 4.60. The summed E-state index contributed by atoms with van der Waals surface area (Å²) in [7, 11) is -3.64. The molecule has 3 aromatic rings. The van der Waals surface area contributed by atoms with Crippen molar-refractivity contribution < 1.29 is 27.9 Å². The Bertz CT molecular complexity index is 1250. The van der Waals surface area contributed by atoms with Gasteiger partial charge in [-0.05, 0) is 56.5 Å². The molecule has 32 heavy (non-hydrogen) atoms. The first-order valence-electron chi connectivity index (χ1n) is 9.93. The average Bonchev–Trinajstić information content (AvgIpc) is 2.73. The highest BCUT2D eigenvalue weighted by Gasteiger charge is 2.22. The van der Waals surface area contributed by atoms with Crippen molar-refractivity contribution >= 4 is 38.4 Å². The standard InChI is InChI=1S/C23H24N2O6S/c1-14(2)25-32(29,30)18-11-9-17(10-12-18)24-22(27)15(3)31-23(28)20-13-8-16-6-4-5-7-19(16)21(20)26/h4-15,25-26H,1-3H3,(H,24,27). The van der Waals surface area contributed by atoms with Crippen molar-refractivity contribution in [1.82, 2.24) is 4.72 Å². The zero-order valence-electron chi connectivity index (χ0n) is 17.8. The van der Waals surface area contributed by atoms with Crippen LogP contribution in [0.25, 0.3) is 10.8 Å². The van der Waals surface area contributed by atoms with Crippen molar-refractivity contribution in [2.45, 2.75) is 37.8 Å². The number of phenols is 1. The Hall–Kier alpha value is -3.43. The second kappa shape index (κ2) is 9.37. The largest absolute Gasteiger partial charge is 0.506 e. The van der Waals surface area contributed by atoms with Gasteiger partial charge in [0.05, 0.1) is 4.90 Å². The number of phenolic OH excluding ortho intramolecular Hbond substituents is 1. The molecule has 0 aromatic heterocycles. The summed E-state index contributed by atoms with van der Waals surface area (Å²) in [5.74, 6) is -1.65. The van der Waals surface area contributed by atoms with Gasteiger partial charge in [-0.15, -0.1) is 0 Å². The van der Waals surface area contributed by atoms with E-state index in [1.165, 1.54) is 37.3 Å². The van der Waals surface area contributed by atoms with Gasteiger partial charge in [0.1, 0.15) is 11.3 Å². The number of benzene rings is 3. The fourth-order valence-corrected chi connectivity index (χ4v) is 4.29. The van der Waals surface area contributed by atoms with Crippen molar-refractivity contribution in [2.24, 2.45) is 0 Å². The number of rotatable bonds is 7. The molecular formula is C23H24N2O6S. The molecule has 1 amide bonds. The number of hydrogen-bond acceptors (Lipinski definition) is 6. The molecule has 0 saturated heterocycles. The maximum Gasteiger partial charge on any atom is 0.342 e. The first-order valence-corrected chi connectivity index (χ1v) is 11.4. The number of esters is 1. The van der Waals surface area contributed by atoms with E-state index in [4.69, 9.17) is 4.74 Å². The fraction of sp³-hybridized carbons (Fsp3) is 0.217. The predicted octanol–water partition coefficient (Wildman–Crippen LogP) is 3.42. The highest BCUT2D eigenvalue weighted by atomic mass is 32.2. The van der Waals surface area contributed by atoms with E-state index in [1.54, 1.807) is 38.1 Å². The first-order chi connectivity index (χ1) is 15.1. The van der Waals surface area contributed by atoms with E-state index in [2.05, 4.69) is 10.0 Å². The van der Waals surface area contributed by atoms with Crippen LogP contribution in [-0.2, 0) is 19.6 Å². The summed E-state index contributed by atoms with van der Waals surface area (Å²) >= 11 is 0. The van der Waals surface area contributed by atoms with Crippen LogP contribution >= 0.6 is 0 Å². The minimum atomic E-state index is -3.64. The van der Waals surface area contributed by atoms with E-state index in [1.807, 2.05) is 6.07 Å². The van der Waals surface area contributed by atoms with E-state index in [-0.39, 0.29) is 22.3 Å². The van der Waals surface area contributed by atoms with Gasteiger partial charge in [-0.2, -0.15) is 0 Å². The highest BCUT2D eigenvalue weighted by Crippen LogP contribution is 2.29. The van der Waals surface area contributed by atoms with Crippen LogP contribution < -0.4 is 10.0 Å². The summed E-state index contributed by atoms with van der Waals surface area (Å²) in [6.07, 6.45) is -1.15. The lowest BCUT2D eigenvalue weighted by Crippen LogP contribution is -2.30. The Morgan fingerprint density at radius 3 is 2.25 bits per heavy atom. The molecule has 0 spiro atoms. The van der Waals surface area contributed by atoms with Gasteiger partial charge < -0.3 is 15.2 Å². The van der Waals surface area contributed by atoms with Crippen LogP contribution in [0.4, 0.5) is 5.69 Å². The minimum Gasteiger partial charge on any atom is -0.506 e. The van der Waals surface area contributed by atoms with Crippen LogP contribution in [-0.4, -0.2) is 37.5 Å². The van der Waals surface area contributed by atoms with Crippen LogP contribution in [0.2, 0.25) is 0 Å². The molecule has 168 valence electrons. The van der Waals surface area contributed by atoms with Crippen LogP contribution in [0.15, 0.2) is 65.6 Å². The number of ether oxygens (including phenoxy) is 1. The van der Waals surface area contributed by atoms with Gasteiger partial charge in [0, 0.05) is 17.1 Å². The summed E-state index contributed by atoms with van der Waals surface area (Å²) in [6, 6.07) is 15.5. The molecule has 0 aliphatic rings. The second-order valence-electron chi connectivity index (χ2n) is 7.52. The molecule has 0 radical (unpaired) electrons. The number of nitrogens with one attached hydrogen (secondary N) is 2. The Balaban J connectivity index is 1.66. The van der Waals surface area contributed by atoms with Crippen molar-refractivity contribution in [3.05, 3.63) is 66.2 Å². The maximum absolute atomic E-state index is 12.5. The minimum absolute atomic E-state index is 0.0458. The molecule has 0 fully saturated rings. The van der Waals surface area contributed by atoms with E-state index in [0.717, 1.165) is 5.39 Å². The zero-order chi connectivity index (χ0) is 23.5. The first kappa shape index (κ1) is 23.2. The molecule has 1 atom stereocenters. The Morgan fingerprint density at radius 2 is 1.59 bits per heavy atom. The van der Waals surface area contributed by atoms with Gasteiger partial charge >= 0.3 is 5.97 Å². The number of sulfonamides is 1. The Labute approximate surface area is 186 Å². The molecular weight excluding hydrogens is 432 g/mol. The average molecular weight is 457 g/mol. The number of anilines is 1. The molecule has 3 N–H and O–H groups in total. The van der Waals surface area contributed by atoms with E-state index < -0.39 is 28.0 Å². The topological polar surface area (TPSA) is 122 Å². The molecule has 0 bridgehead atoms. The molecule has 9 heteroatoms. The normalized spacial score (nSPS) is 12.5. The lowest BCUT2D eigenvalue weighted by atomic mass is 10.1. The van der Waals surface area contributed by atoms with Gasteiger partial charge in [-0.1, -0.05) is 30.3 Å². The second-order valence-corrected chi connectivity index (χ2v) is 9.23. The molecule has 8 nitrogen and oxygen atoms in total. The van der Waals surface area contributed by atoms with Crippen LogP contribution in [0, 0.1) is 0 Å². The number of carbonyl (C=O) groups is 2. The number of hydrogen-bond donors (Lipinski definition) is 3. The monoisotopic (exact) mass is 456 g/mol. The van der Waals surface area contributed by atoms with E-state index in [0.29, 0.717) is 11.1 Å². The highest BCUT2D eigenvalue weighted by molar-refractivity contribution is 7.89.